The van der Waals surface area contributed by atoms with Crippen LogP contribution in [0.25, 0.3) is 17.1 Å². The number of rotatable bonds is 1. The van der Waals surface area contributed by atoms with Gasteiger partial charge in [-0.3, -0.25) is 4.57 Å². The van der Waals surface area contributed by atoms with Gasteiger partial charge in [0.25, 0.3) is 0 Å². The Hall–Kier alpha value is -1.70. The number of nitrogens with zero attached hydrogens (tertiary/aromatic N) is 5. The fourth-order valence-corrected chi connectivity index (χ4v) is 3.06. The SMILES string of the molecule is OCc1nc2n(n1)Cc1c(Cl)ncn1-c1ccc(Br)cc1-2. The molecule has 0 saturated heterocycles. The lowest BCUT2D eigenvalue weighted by atomic mass is 10.1. The Bertz CT molecular complexity index is 856. The molecule has 0 saturated carbocycles. The Labute approximate surface area is 133 Å². The summed E-state index contributed by atoms with van der Waals surface area (Å²) in [5.74, 6) is 1.09. The van der Waals surface area contributed by atoms with Crippen molar-refractivity contribution in [3.63, 3.8) is 0 Å². The Morgan fingerprint density at radius 1 is 1.38 bits per heavy atom. The summed E-state index contributed by atoms with van der Waals surface area (Å²) in [5, 5.41) is 14.0. The molecule has 0 radical (unpaired) electrons. The van der Waals surface area contributed by atoms with E-state index in [0.717, 1.165) is 21.4 Å². The molecule has 3 aromatic rings. The van der Waals surface area contributed by atoms with Gasteiger partial charge in [0.2, 0.25) is 0 Å². The van der Waals surface area contributed by atoms with Crippen LogP contribution in [0.3, 0.4) is 0 Å². The van der Waals surface area contributed by atoms with E-state index in [2.05, 4.69) is 31.0 Å². The Balaban J connectivity index is 2.08. The molecule has 6 nitrogen and oxygen atoms in total. The highest BCUT2D eigenvalue weighted by atomic mass is 79.9. The summed E-state index contributed by atoms with van der Waals surface area (Å²) in [6.07, 6.45) is 1.70. The van der Waals surface area contributed by atoms with Gasteiger partial charge in [-0.15, -0.1) is 0 Å². The molecular formula is C13H9BrClN5O. The van der Waals surface area contributed by atoms with Crippen molar-refractivity contribution in [1.29, 1.82) is 0 Å². The summed E-state index contributed by atoms with van der Waals surface area (Å²) in [7, 11) is 0. The molecule has 106 valence electrons. The van der Waals surface area contributed by atoms with Crippen LogP contribution in [-0.4, -0.2) is 29.4 Å². The van der Waals surface area contributed by atoms with Crippen molar-refractivity contribution in [3.8, 4) is 17.1 Å². The molecule has 0 fully saturated rings. The molecule has 1 aliphatic heterocycles. The molecule has 0 atom stereocenters. The third-order valence-corrected chi connectivity index (χ3v) is 4.24. The number of aliphatic hydroxyl groups excluding tert-OH is 1. The lowest BCUT2D eigenvalue weighted by Crippen LogP contribution is -2.05. The minimum atomic E-state index is -0.198. The van der Waals surface area contributed by atoms with Crippen LogP contribution in [0.2, 0.25) is 5.15 Å². The fourth-order valence-electron chi connectivity index (χ4n) is 2.51. The van der Waals surface area contributed by atoms with Gasteiger partial charge in [-0.05, 0) is 18.2 Å². The number of benzene rings is 1. The normalized spacial score (nSPS) is 12.5. The predicted octanol–water partition coefficient (Wildman–Crippen LogP) is 2.40. The summed E-state index contributed by atoms with van der Waals surface area (Å²) in [4.78, 5) is 8.58. The van der Waals surface area contributed by atoms with E-state index in [4.69, 9.17) is 11.6 Å². The van der Waals surface area contributed by atoms with Crippen LogP contribution in [0.15, 0.2) is 29.0 Å². The van der Waals surface area contributed by atoms with Gasteiger partial charge in [0.05, 0.1) is 17.9 Å². The second-order valence-corrected chi connectivity index (χ2v) is 5.95. The molecule has 4 rings (SSSR count). The van der Waals surface area contributed by atoms with Crippen LogP contribution < -0.4 is 0 Å². The molecule has 21 heavy (non-hydrogen) atoms. The van der Waals surface area contributed by atoms with Gasteiger partial charge in [-0.1, -0.05) is 27.5 Å². The van der Waals surface area contributed by atoms with Crippen LogP contribution in [0.5, 0.6) is 0 Å². The summed E-state index contributed by atoms with van der Waals surface area (Å²) in [6, 6.07) is 5.90. The second kappa shape index (κ2) is 4.66. The van der Waals surface area contributed by atoms with E-state index in [0.29, 0.717) is 23.3 Å². The molecule has 0 aliphatic carbocycles. The molecule has 1 N–H and O–H groups in total. The smallest absolute Gasteiger partial charge is 0.176 e. The van der Waals surface area contributed by atoms with Gasteiger partial charge in [0.1, 0.15) is 12.9 Å². The maximum absolute atomic E-state index is 9.28. The van der Waals surface area contributed by atoms with Crippen LogP contribution in [0.4, 0.5) is 0 Å². The summed E-state index contributed by atoms with van der Waals surface area (Å²) >= 11 is 9.66. The number of aromatic nitrogens is 5. The quantitative estimate of drug-likeness (QED) is 0.562. The van der Waals surface area contributed by atoms with Gasteiger partial charge in [0, 0.05) is 10.0 Å². The predicted molar refractivity (Wildman–Crippen MR) is 80.3 cm³/mol. The zero-order chi connectivity index (χ0) is 14.6. The maximum Gasteiger partial charge on any atom is 0.176 e. The highest BCUT2D eigenvalue weighted by Gasteiger charge is 2.24. The van der Waals surface area contributed by atoms with Crippen molar-refractivity contribution in [3.05, 3.63) is 45.7 Å². The van der Waals surface area contributed by atoms with E-state index in [1.807, 2.05) is 22.8 Å². The Morgan fingerprint density at radius 2 is 2.24 bits per heavy atom. The van der Waals surface area contributed by atoms with Crippen molar-refractivity contribution < 1.29 is 5.11 Å². The first-order valence-corrected chi connectivity index (χ1v) is 7.41. The highest BCUT2D eigenvalue weighted by Crippen LogP contribution is 2.34. The standard InChI is InChI=1S/C13H9BrClN5O/c14-7-1-2-9-8(3-7)13-17-11(5-21)18-20(13)4-10-12(15)16-6-19(9)10/h1-3,6,21H,4-5H2. The fraction of sp³-hybridized carbons (Fsp3) is 0.154. The van der Waals surface area contributed by atoms with Crippen molar-refractivity contribution >= 4 is 27.5 Å². The number of hydrogen-bond acceptors (Lipinski definition) is 4. The Morgan fingerprint density at radius 3 is 3.05 bits per heavy atom. The average Bonchev–Trinajstić information content (AvgIpc) is 3.01. The van der Waals surface area contributed by atoms with Gasteiger partial charge in [0.15, 0.2) is 16.8 Å². The highest BCUT2D eigenvalue weighted by molar-refractivity contribution is 9.10. The van der Waals surface area contributed by atoms with E-state index in [-0.39, 0.29) is 6.61 Å². The third kappa shape index (κ3) is 1.92. The molecule has 2 aromatic heterocycles. The molecule has 1 aliphatic rings. The molecule has 0 amide bonds. The first-order valence-electron chi connectivity index (χ1n) is 6.24. The second-order valence-electron chi connectivity index (χ2n) is 4.68. The van der Waals surface area contributed by atoms with Gasteiger partial charge >= 0.3 is 0 Å². The number of aliphatic hydroxyl groups is 1. The van der Waals surface area contributed by atoms with E-state index < -0.39 is 0 Å². The molecule has 8 heteroatoms. The number of halogens is 2. The van der Waals surface area contributed by atoms with E-state index in [1.54, 1.807) is 11.0 Å². The lowest BCUT2D eigenvalue weighted by Gasteiger charge is -2.08. The van der Waals surface area contributed by atoms with E-state index in [1.165, 1.54) is 0 Å². The number of imidazole rings is 1. The van der Waals surface area contributed by atoms with E-state index in [9.17, 15) is 5.11 Å². The maximum atomic E-state index is 9.28. The molecule has 0 spiro atoms. The van der Waals surface area contributed by atoms with Crippen molar-refractivity contribution in [2.45, 2.75) is 13.2 Å². The van der Waals surface area contributed by atoms with Crippen LogP contribution >= 0.6 is 27.5 Å². The van der Waals surface area contributed by atoms with Crippen molar-refractivity contribution in [2.75, 3.05) is 0 Å². The Kier molecular flexibility index (Phi) is 2.88. The van der Waals surface area contributed by atoms with Gasteiger partial charge < -0.3 is 5.11 Å². The molecular weight excluding hydrogens is 358 g/mol. The first-order chi connectivity index (χ1) is 10.2. The van der Waals surface area contributed by atoms with E-state index >= 15 is 0 Å². The monoisotopic (exact) mass is 365 g/mol. The molecule has 0 unspecified atom stereocenters. The van der Waals surface area contributed by atoms with Crippen LogP contribution in [-0.2, 0) is 13.2 Å². The van der Waals surface area contributed by atoms with Gasteiger partial charge in [-0.25, -0.2) is 14.6 Å². The lowest BCUT2D eigenvalue weighted by molar-refractivity contribution is 0.270. The topological polar surface area (TPSA) is 68.8 Å². The number of hydrogen-bond donors (Lipinski definition) is 1. The average molecular weight is 367 g/mol. The van der Waals surface area contributed by atoms with Crippen LogP contribution in [0, 0.1) is 0 Å². The summed E-state index contributed by atoms with van der Waals surface area (Å²) in [5.41, 5.74) is 2.68. The van der Waals surface area contributed by atoms with Crippen molar-refractivity contribution in [1.82, 2.24) is 24.3 Å². The molecule has 0 bridgehead atoms. The first kappa shape index (κ1) is 13.0. The number of fused-ring (bicyclic) bond motifs is 5. The summed E-state index contributed by atoms with van der Waals surface area (Å²) in [6.45, 7) is 0.254. The van der Waals surface area contributed by atoms with Crippen LogP contribution in [0.1, 0.15) is 11.5 Å². The van der Waals surface area contributed by atoms with Crippen molar-refractivity contribution in [2.24, 2.45) is 0 Å². The summed E-state index contributed by atoms with van der Waals surface area (Å²) < 4.78 is 4.62. The minimum absolute atomic E-state index is 0.198. The zero-order valence-electron chi connectivity index (χ0n) is 10.7. The third-order valence-electron chi connectivity index (χ3n) is 3.43. The minimum Gasteiger partial charge on any atom is -0.388 e. The van der Waals surface area contributed by atoms with Gasteiger partial charge in [-0.2, -0.15) is 5.10 Å². The largest absolute Gasteiger partial charge is 0.388 e. The molecule has 1 aromatic carbocycles. The zero-order valence-corrected chi connectivity index (χ0v) is 13.0. The molecule has 3 heterocycles.